The molecular weight excluding hydrogens is 306 g/mol. The third-order valence-corrected chi connectivity index (χ3v) is 3.62. The Labute approximate surface area is 143 Å². The van der Waals surface area contributed by atoms with E-state index < -0.39 is 11.7 Å². The molecule has 1 aromatic rings. The summed E-state index contributed by atoms with van der Waals surface area (Å²) in [6.07, 6.45) is 4.54. The lowest BCUT2D eigenvalue weighted by Crippen LogP contribution is -2.45. The molecule has 0 aliphatic heterocycles. The molecule has 1 aliphatic rings. The van der Waals surface area contributed by atoms with Gasteiger partial charge in [0.1, 0.15) is 12.2 Å². The first-order chi connectivity index (χ1) is 11.3. The standard InChI is InChI=1S/C19H25NO4/c1-19(2,3)24-18(22)20-16-11-15(12-16)9-10-17(21)23-13-14-7-5-4-6-8-14/h4-10,15-16H,11-13H2,1-3H3,(H,20,22)/b10-9+. The van der Waals surface area contributed by atoms with Crippen LogP contribution < -0.4 is 5.32 Å². The van der Waals surface area contributed by atoms with Crippen molar-refractivity contribution in [3.63, 3.8) is 0 Å². The van der Waals surface area contributed by atoms with Crippen molar-refractivity contribution in [3.05, 3.63) is 48.0 Å². The minimum Gasteiger partial charge on any atom is -0.458 e. The van der Waals surface area contributed by atoms with Crippen LogP contribution in [0.2, 0.25) is 0 Å². The zero-order valence-electron chi connectivity index (χ0n) is 14.5. The fourth-order valence-corrected chi connectivity index (χ4v) is 2.40. The predicted molar refractivity (Wildman–Crippen MR) is 91.3 cm³/mol. The molecule has 1 fully saturated rings. The van der Waals surface area contributed by atoms with E-state index in [9.17, 15) is 9.59 Å². The molecule has 0 radical (unpaired) electrons. The number of allylic oxidation sites excluding steroid dienone is 1. The summed E-state index contributed by atoms with van der Waals surface area (Å²) < 4.78 is 10.4. The molecule has 1 saturated carbocycles. The first kappa shape index (κ1) is 18.0. The Balaban J connectivity index is 1.63. The first-order valence-corrected chi connectivity index (χ1v) is 8.20. The summed E-state index contributed by atoms with van der Waals surface area (Å²) in [5.74, 6) is -0.0587. The number of carbonyl (C=O) groups is 2. The Morgan fingerprint density at radius 3 is 2.50 bits per heavy atom. The second-order valence-electron chi connectivity index (χ2n) is 7.03. The van der Waals surface area contributed by atoms with Crippen LogP contribution in [-0.4, -0.2) is 23.7 Å². The molecule has 24 heavy (non-hydrogen) atoms. The van der Waals surface area contributed by atoms with Crippen molar-refractivity contribution < 1.29 is 19.1 Å². The Morgan fingerprint density at radius 2 is 1.88 bits per heavy atom. The highest BCUT2D eigenvalue weighted by atomic mass is 16.6. The van der Waals surface area contributed by atoms with Crippen molar-refractivity contribution in [2.45, 2.75) is 51.9 Å². The minimum absolute atomic E-state index is 0.106. The smallest absolute Gasteiger partial charge is 0.407 e. The van der Waals surface area contributed by atoms with E-state index in [1.165, 1.54) is 6.08 Å². The molecule has 5 heteroatoms. The van der Waals surface area contributed by atoms with Gasteiger partial charge >= 0.3 is 12.1 Å². The van der Waals surface area contributed by atoms with Crippen LogP contribution in [0.4, 0.5) is 4.79 Å². The van der Waals surface area contributed by atoms with Gasteiger partial charge in [0.2, 0.25) is 0 Å². The zero-order valence-corrected chi connectivity index (χ0v) is 14.5. The predicted octanol–water partition coefficient (Wildman–Crippen LogP) is 3.59. The lowest BCUT2D eigenvalue weighted by atomic mass is 9.80. The van der Waals surface area contributed by atoms with Crippen molar-refractivity contribution in [2.75, 3.05) is 0 Å². The van der Waals surface area contributed by atoms with Crippen molar-refractivity contribution in [3.8, 4) is 0 Å². The Bertz CT molecular complexity index is 583. The molecule has 2 rings (SSSR count). The van der Waals surface area contributed by atoms with E-state index in [0.717, 1.165) is 18.4 Å². The normalized spacial score (nSPS) is 20.3. The molecule has 1 amide bonds. The summed E-state index contributed by atoms with van der Waals surface area (Å²) in [6.45, 7) is 5.78. The van der Waals surface area contributed by atoms with E-state index in [-0.39, 0.29) is 24.5 Å². The summed E-state index contributed by atoms with van der Waals surface area (Å²) in [6, 6.07) is 9.67. The number of amides is 1. The van der Waals surface area contributed by atoms with Crippen LogP contribution in [0.5, 0.6) is 0 Å². The zero-order chi connectivity index (χ0) is 17.6. The van der Waals surface area contributed by atoms with Gasteiger partial charge in [-0.2, -0.15) is 0 Å². The topological polar surface area (TPSA) is 64.6 Å². The number of carbonyl (C=O) groups excluding carboxylic acids is 2. The SMILES string of the molecule is CC(C)(C)OC(=O)NC1CC(/C=C/C(=O)OCc2ccccc2)C1. The largest absolute Gasteiger partial charge is 0.458 e. The number of benzene rings is 1. The van der Waals surface area contributed by atoms with Crippen molar-refractivity contribution >= 4 is 12.1 Å². The Morgan fingerprint density at radius 1 is 1.21 bits per heavy atom. The molecule has 0 spiro atoms. The molecule has 1 N–H and O–H groups in total. The van der Waals surface area contributed by atoms with Gasteiger partial charge in [0.25, 0.3) is 0 Å². The van der Waals surface area contributed by atoms with Gasteiger partial charge in [-0.15, -0.1) is 0 Å². The highest BCUT2D eigenvalue weighted by Gasteiger charge is 2.30. The number of ether oxygens (including phenoxy) is 2. The van der Waals surface area contributed by atoms with E-state index in [0.29, 0.717) is 0 Å². The summed E-state index contributed by atoms with van der Waals surface area (Å²) >= 11 is 0. The van der Waals surface area contributed by atoms with Crippen LogP contribution in [-0.2, 0) is 20.9 Å². The lowest BCUT2D eigenvalue weighted by Gasteiger charge is -2.34. The fourth-order valence-electron chi connectivity index (χ4n) is 2.40. The lowest BCUT2D eigenvalue weighted by molar-refractivity contribution is -0.139. The highest BCUT2D eigenvalue weighted by Crippen LogP contribution is 2.28. The number of esters is 1. The maximum atomic E-state index is 11.7. The van der Waals surface area contributed by atoms with Gasteiger partial charge in [0.05, 0.1) is 0 Å². The third kappa shape index (κ3) is 6.44. The van der Waals surface area contributed by atoms with Crippen LogP contribution in [0.25, 0.3) is 0 Å². The van der Waals surface area contributed by atoms with Crippen LogP contribution in [0, 0.1) is 5.92 Å². The Hall–Kier alpha value is -2.30. The van der Waals surface area contributed by atoms with E-state index in [1.54, 1.807) is 0 Å². The van der Waals surface area contributed by atoms with Gasteiger partial charge in [0, 0.05) is 12.1 Å². The van der Waals surface area contributed by atoms with Gasteiger partial charge in [0.15, 0.2) is 0 Å². The van der Waals surface area contributed by atoms with Crippen molar-refractivity contribution in [2.24, 2.45) is 5.92 Å². The van der Waals surface area contributed by atoms with Crippen LogP contribution >= 0.6 is 0 Å². The average molecular weight is 331 g/mol. The van der Waals surface area contributed by atoms with Gasteiger partial charge in [-0.05, 0) is 45.1 Å². The van der Waals surface area contributed by atoms with Crippen molar-refractivity contribution in [1.29, 1.82) is 0 Å². The van der Waals surface area contributed by atoms with Gasteiger partial charge < -0.3 is 14.8 Å². The molecule has 5 nitrogen and oxygen atoms in total. The molecule has 0 bridgehead atoms. The first-order valence-electron chi connectivity index (χ1n) is 8.20. The second-order valence-corrected chi connectivity index (χ2v) is 7.03. The van der Waals surface area contributed by atoms with Gasteiger partial charge in [-0.1, -0.05) is 36.4 Å². The van der Waals surface area contributed by atoms with Crippen molar-refractivity contribution in [1.82, 2.24) is 5.32 Å². The van der Waals surface area contributed by atoms with E-state index in [1.807, 2.05) is 57.2 Å². The summed E-state index contributed by atoms with van der Waals surface area (Å²) in [7, 11) is 0. The van der Waals surface area contributed by atoms with Crippen LogP contribution in [0.1, 0.15) is 39.2 Å². The quantitative estimate of drug-likeness (QED) is 0.661. The number of hydrogen-bond donors (Lipinski definition) is 1. The van der Waals surface area contributed by atoms with Gasteiger partial charge in [-0.25, -0.2) is 9.59 Å². The number of rotatable bonds is 5. The maximum absolute atomic E-state index is 11.7. The van der Waals surface area contributed by atoms with Gasteiger partial charge in [-0.3, -0.25) is 0 Å². The molecule has 1 aliphatic carbocycles. The average Bonchev–Trinajstić information content (AvgIpc) is 2.46. The summed E-state index contributed by atoms with van der Waals surface area (Å²) in [4.78, 5) is 23.3. The van der Waals surface area contributed by atoms with E-state index in [4.69, 9.17) is 9.47 Å². The monoisotopic (exact) mass is 331 g/mol. The number of hydrogen-bond acceptors (Lipinski definition) is 4. The molecule has 1 aromatic carbocycles. The van der Waals surface area contributed by atoms with E-state index in [2.05, 4.69) is 5.32 Å². The summed E-state index contributed by atoms with van der Waals surface area (Å²) in [5.41, 5.74) is 0.472. The van der Waals surface area contributed by atoms with Crippen LogP contribution in [0.3, 0.4) is 0 Å². The number of alkyl carbamates (subject to hydrolysis) is 1. The second kappa shape index (κ2) is 7.99. The van der Waals surface area contributed by atoms with Crippen LogP contribution in [0.15, 0.2) is 42.5 Å². The molecule has 0 aromatic heterocycles. The highest BCUT2D eigenvalue weighted by molar-refractivity contribution is 5.81. The molecule has 0 saturated heterocycles. The molecular formula is C19H25NO4. The molecule has 0 unspecified atom stereocenters. The van der Waals surface area contributed by atoms with E-state index >= 15 is 0 Å². The molecule has 130 valence electrons. The fraction of sp³-hybridized carbons (Fsp3) is 0.474. The maximum Gasteiger partial charge on any atom is 0.407 e. The molecule has 0 atom stereocenters. The molecule has 0 heterocycles. The minimum atomic E-state index is -0.490. The summed E-state index contributed by atoms with van der Waals surface area (Å²) in [5, 5.41) is 2.83. The Kier molecular flexibility index (Phi) is 6.01. The third-order valence-electron chi connectivity index (χ3n) is 3.62. The number of nitrogens with one attached hydrogen (secondary N) is 1.